The fourth-order valence-electron chi connectivity index (χ4n) is 6.39. The number of halogens is 1. The van der Waals surface area contributed by atoms with Crippen LogP contribution in [0.5, 0.6) is 0 Å². The van der Waals surface area contributed by atoms with Crippen molar-refractivity contribution in [3.63, 3.8) is 0 Å². The molecule has 2 bridgehead atoms. The molecule has 3 heterocycles. The SMILES string of the molecule is C=CCN(Cc1ccccc1)C(=O)C1N([C@@H](CO)[C@@H](C)CC)C(=O)[C@@H]2[C@@H](C(=O)OCC)[C@@H]3OC12CC3Br. The van der Waals surface area contributed by atoms with Gasteiger partial charge < -0.3 is 24.4 Å². The molecule has 4 rings (SSSR count). The Morgan fingerprint density at radius 2 is 2.05 bits per heavy atom. The molecule has 1 spiro atoms. The minimum Gasteiger partial charge on any atom is -0.466 e. The standard InChI is InChI=1S/C28H37BrN2O6/c1-5-13-30(15-18-11-9-8-10-12-18)26(34)24-28-14-19(29)23(37-28)21(27(35)36-7-3)22(28)25(33)31(24)20(16-32)17(4)6-2/h5,8-12,17,19-24,32H,1,6-7,13-16H2,2-4H3/t17-,19?,20-,21+,22-,23+,24?,28?/m0/s1. The van der Waals surface area contributed by atoms with Gasteiger partial charge in [0.2, 0.25) is 11.8 Å². The van der Waals surface area contributed by atoms with Crippen molar-refractivity contribution in [2.45, 2.75) is 68.8 Å². The molecular formula is C28H37BrN2O6. The zero-order chi connectivity index (χ0) is 26.9. The number of carbonyl (C=O) groups is 3. The van der Waals surface area contributed by atoms with E-state index < -0.39 is 41.6 Å². The molecule has 1 aromatic carbocycles. The van der Waals surface area contributed by atoms with E-state index in [2.05, 4.69) is 22.5 Å². The number of fused-ring (bicyclic) bond motifs is 1. The normalized spacial score (nSPS) is 31.6. The third-order valence-corrected chi connectivity index (χ3v) is 9.09. The van der Waals surface area contributed by atoms with E-state index in [1.54, 1.807) is 17.9 Å². The van der Waals surface area contributed by atoms with Gasteiger partial charge in [0.15, 0.2) is 0 Å². The lowest BCUT2D eigenvalue weighted by molar-refractivity contribution is -0.157. The van der Waals surface area contributed by atoms with E-state index in [1.807, 2.05) is 44.2 Å². The Bertz CT molecular complexity index is 1020. The van der Waals surface area contributed by atoms with Crippen LogP contribution in [-0.2, 0) is 30.4 Å². The number of ether oxygens (including phenoxy) is 2. The number of alkyl halides is 1. The van der Waals surface area contributed by atoms with Gasteiger partial charge in [0.25, 0.3) is 0 Å². The summed E-state index contributed by atoms with van der Waals surface area (Å²) in [5, 5.41) is 10.4. The molecule has 0 aliphatic carbocycles. The van der Waals surface area contributed by atoms with E-state index in [0.717, 1.165) is 5.56 Å². The second-order valence-electron chi connectivity index (χ2n) is 10.3. The first-order valence-corrected chi connectivity index (χ1v) is 14.0. The fraction of sp³-hybridized carbons (Fsp3) is 0.607. The number of amides is 2. The Morgan fingerprint density at radius 3 is 2.65 bits per heavy atom. The Morgan fingerprint density at radius 1 is 1.35 bits per heavy atom. The summed E-state index contributed by atoms with van der Waals surface area (Å²) in [6.07, 6.45) is 2.21. The van der Waals surface area contributed by atoms with Crippen molar-refractivity contribution in [1.29, 1.82) is 0 Å². The van der Waals surface area contributed by atoms with Crippen molar-refractivity contribution in [3.05, 3.63) is 48.6 Å². The zero-order valence-corrected chi connectivity index (χ0v) is 23.3. The third-order valence-electron chi connectivity index (χ3n) is 8.24. The lowest BCUT2D eigenvalue weighted by atomic mass is 9.70. The lowest BCUT2D eigenvalue weighted by Gasteiger charge is -2.41. The summed E-state index contributed by atoms with van der Waals surface area (Å²) in [6, 6.07) is 8.06. The molecule has 9 heteroatoms. The van der Waals surface area contributed by atoms with Crippen LogP contribution in [0.15, 0.2) is 43.0 Å². The summed E-state index contributed by atoms with van der Waals surface area (Å²) in [5.74, 6) is -2.81. The average molecular weight is 578 g/mol. The molecule has 0 saturated carbocycles. The van der Waals surface area contributed by atoms with Crippen LogP contribution >= 0.6 is 15.9 Å². The van der Waals surface area contributed by atoms with Gasteiger partial charge in [-0.05, 0) is 24.8 Å². The number of rotatable bonds is 11. The topological polar surface area (TPSA) is 96.4 Å². The maximum absolute atomic E-state index is 14.5. The molecule has 0 aromatic heterocycles. The molecule has 3 saturated heterocycles. The van der Waals surface area contributed by atoms with Gasteiger partial charge in [0.05, 0.1) is 37.2 Å². The number of nitrogens with zero attached hydrogens (tertiary/aromatic N) is 2. The van der Waals surface area contributed by atoms with E-state index in [0.29, 0.717) is 19.4 Å². The number of benzene rings is 1. The predicted molar refractivity (Wildman–Crippen MR) is 142 cm³/mol. The van der Waals surface area contributed by atoms with Gasteiger partial charge in [-0.1, -0.05) is 72.6 Å². The predicted octanol–water partition coefficient (Wildman–Crippen LogP) is 2.92. The molecule has 37 heavy (non-hydrogen) atoms. The highest BCUT2D eigenvalue weighted by molar-refractivity contribution is 9.09. The number of hydrogen-bond acceptors (Lipinski definition) is 6. The maximum atomic E-state index is 14.5. The van der Waals surface area contributed by atoms with Crippen LogP contribution in [-0.4, -0.2) is 81.1 Å². The number of hydrogen-bond donors (Lipinski definition) is 1. The van der Waals surface area contributed by atoms with Crippen molar-refractivity contribution in [3.8, 4) is 0 Å². The second-order valence-corrected chi connectivity index (χ2v) is 11.5. The second kappa shape index (κ2) is 11.3. The highest BCUT2D eigenvalue weighted by atomic mass is 79.9. The van der Waals surface area contributed by atoms with Gasteiger partial charge >= 0.3 is 5.97 Å². The Hall–Kier alpha value is -2.23. The number of esters is 1. The van der Waals surface area contributed by atoms with Crippen LogP contribution in [0.25, 0.3) is 0 Å². The maximum Gasteiger partial charge on any atom is 0.312 e. The number of aliphatic hydroxyl groups excluding tert-OH is 1. The highest BCUT2D eigenvalue weighted by Gasteiger charge is 2.77. The summed E-state index contributed by atoms with van der Waals surface area (Å²) in [6.45, 7) is 10.0. The number of carbonyl (C=O) groups excluding carboxylic acids is 3. The molecular weight excluding hydrogens is 540 g/mol. The van der Waals surface area contributed by atoms with E-state index in [4.69, 9.17) is 9.47 Å². The van der Waals surface area contributed by atoms with Gasteiger partial charge in [0.1, 0.15) is 11.6 Å². The van der Waals surface area contributed by atoms with Gasteiger partial charge in [-0.25, -0.2) is 0 Å². The lowest BCUT2D eigenvalue weighted by Crippen LogP contribution is -2.59. The minimum absolute atomic E-state index is 0.0699. The fourth-order valence-corrected chi connectivity index (χ4v) is 7.33. The first-order valence-electron chi connectivity index (χ1n) is 13.1. The largest absolute Gasteiger partial charge is 0.466 e. The van der Waals surface area contributed by atoms with Crippen LogP contribution in [0.2, 0.25) is 0 Å². The average Bonchev–Trinajstić information content (AvgIpc) is 3.48. The van der Waals surface area contributed by atoms with Crippen LogP contribution < -0.4 is 0 Å². The third kappa shape index (κ3) is 4.63. The summed E-state index contributed by atoms with van der Waals surface area (Å²) in [7, 11) is 0. The quantitative estimate of drug-likeness (QED) is 0.247. The van der Waals surface area contributed by atoms with E-state index >= 15 is 0 Å². The van der Waals surface area contributed by atoms with Crippen LogP contribution in [0.3, 0.4) is 0 Å². The molecule has 2 amide bonds. The molecule has 3 unspecified atom stereocenters. The minimum atomic E-state index is -1.19. The summed E-state index contributed by atoms with van der Waals surface area (Å²) in [4.78, 5) is 44.8. The first kappa shape index (κ1) is 27.8. The Balaban J connectivity index is 1.81. The number of aliphatic hydroxyl groups is 1. The van der Waals surface area contributed by atoms with Crippen LogP contribution in [0, 0.1) is 17.8 Å². The van der Waals surface area contributed by atoms with Gasteiger partial charge in [-0.3, -0.25) is 14.4 Å². The Labute approximate surface area is 227 Å². The summed E-state index contributed by atoms with van der Waals surface area (Å²) in [5.41, 5.74) is -0.246. The molecule has 0 radical (unpaired) electrons. The van der Waals surface area contributed by atoms with Gasteiger partial charge in [-0.2, -0.15) is 0 Å². The van der Waals surface area contributed by atoms with E-state index in [9.17, 15) is 19.5 Å². The molecule has 3 fully saturated rings. The molecule has 8 atom stereocenters. The summed E-state index contributed by atoms with van der Waals surface area (Å²) < 4.78 is 11.9. The van der Waals surface area contributed by atoms with E-state index in [-0.39, 0.29) is 42.3 Å². The van der Waals surface area contributed by atoms with Crippen molar-refractivity contribution in [2.24, 2.45) is 17.8 Å². The monoisotopic (exact) mass is 576 g/mol. The van der Waals surface area contributed by atoms with Gasteiger partial charge in [-0.15, -0.1) is 6.58 Å². The molecule has 8 nitrogen and oxygen atoms in total. The zero-order valence-electron chi connectivity index (χ0n) is 21.7. The first-order chi connectivity index (χ1) is 17.7. The van der Waals surface area contributed by atoms with Crippen LogP contribution in [0.4, 0.5) is 0 Å². The van der Waals surface area contributed by atoms with E-state index in [1.165, 1.54) is 4.90 Å². The number of likely N-dealkylation sites (tertiary alicyclic amines) is 1. The molecule has 1 N–H and O–H groups in total. The molecule has 3 aliphatic rings. The van der Waals surface area contributed by atoms with Crippen molar-refractivity contribution in [1.82, 2.24) is 9.80 Å². The molecule has 1 aromatic rings. The molecule has 3 aliphatic heterocycles. The van der Waals surface area contributed by atoms with Crippen molar-refractivity contribution >= 4 is 33.7 Å². The molecule has 202 valence electrons. The van der Waals surface area contributed by atoms with Crippen molar-refractivity contribution in [2.75, 3.05) is 19.8 Å². The smallest absolute Gasteiger partial charge is 0.312 e. The van der Waals surface area contributed by atoms with Crippen LogP contribution in [0.1, 0.15) is 39.2 Å². The Kier molecular flexibility index (Phi) is 8.45. The van der Waals surface area contributed by atoms with Gasteiger partial charge in [0, 0.05) is 17.9 Å². The highest BCUT2D eigenvalue weighted by Crippen LogP contribution is 2.61. The van der Waals surface area contributed by atoms with Crippen molar-refractivity contribution < 1.29 is 29.0 Å². The summed E-state index contributed by atoms with van der Waals surface area (Å²) >= 11 is 3.67.